The van der Waals surface area contributed by atoms with Crippen molar-refractivity contribution in [1.82, 2.24) is 0 Å². The largest absolute Gasteiger partial charge is 0.368 e. The van der Waals surface area contributed by atoms with Crippen molar-refractivity contribution in [3.8, 4) is 11.8 Å². The molecule has 2 nitrogen and oxygen atoms in total. The molecule has 0 radical (unpaired) electrons. The molecule has 0 spiro atoms. The molecular weight excluding hydrogens is 176 g/mol. The number of hydrogen-bond acceptors (Lipinski definition) is 2. The lowest BCUT2D eigenvalue weighted by Crippen LogP contribution is -1.93. The van der Waals surface area contributed by atoms with Crippen molar-refractivity contribution in [2.24, 2.45) is 0 Å². The van der Waals surface area contributed by atoms with E-state index in [1.165, 1.54) is 6.92 Å². The van der Waals surface area contributed by atoms with E-state index in [1.54, 1.807) is 6.08 Å². The minimum Gasteiger partial charge on any atom is -0.368 e. The molecule has 0 rings (SSSR count). The Hall–Kier alpha value is -1.07. The Kier molecular flexibility index (Phi) is 9.25. The molecular formula is C12H18O2. The topological polar surface area (TPSA) is 26.3 Å². The van der Waals surface area contributed by atoms with Crippen LogP contribution in [-0.4, -0.2) is 19.0 Å². The number of allylic oxidation sites excluding steroid dienone is 1. The second-order valence-corrected chi connectivity index (χ2v) is 2.96. The van der Waals surface area contributed by atoms with Gasteiger partial charge in [-0.2, -0.15) is 0 Å². The third-order valence-corrected chi connectivity index (χ3v) is 1.46. The first kappa shape index (κ1) is 12.9. The first-order valence-corrected chi connectivity index (χ1v) is 4.98. The molecule has 0 aliphatic rings. The van der Waals surface area contributed by atoms with Crippen LogP contribution in [0.3, 0.4) is 0 Å². The number of hydrogen-bond donors (Lipinski definition) is 0. The van der Waals surface area contributed by atoms with E-state index < -0.39 is 0 Å². The molecule has 0 aliphatic carbocycles. The van der Waals surface area contributed by atoms with Gasteiger partial charge in [0.05, 0.1) is 6.61 Å². The maximum absolute atomic E-state index is 10.5. The number of ether oxygens (including phenoxy) is 1. The fourth-order valence-electron chi connectivity index (χ4n) is 0.788. The second kappa shape index (κ2) is 10.0. The summed E-state index contributed by atoms with van der Waals surface area (Å²) >= 11 is 0. The Bertz CT molecular complexity index is 230. The van der Waals surface area contributed by atoms with Crippen LogP contribution in [0, 0.1) is 11.8 Å². The lowest BCUT2D eigenvalue weighted by molar-refractivity contribution is -0.112. The highest BCUT2D eigenvalue weighted by Gasteiger charge is 1.83. The summed E-state index contributed by atoms with van der Waals surface area (Å²) in [5.74, 6) is 6.00. The number of carbonyl (C=O) groups is 1. The molecule has 0 heterocycles. The molecule has 2 heteroatoms. The maximum Gasteiger partial charge on any atom is 0.152 e. The first-order valence-electron chi connectivity index (χ1n) is 4.98. The molecule has 14 heavy (non-hydrogen) atoms. The van der Waals surface area contributed by atoms with Gasteiger partial charge in [0.1, 0.15) is 6.61 Å². The van der Waals surface area contributed by atoms with Gasteiger partial charge in [-0.05, 0) is 25.8 Å². The van der Waals surface area contributed by atoms with Gasteiger partial charge < -0.3 is 4.74 Å². The summed E-state index contributed by atoms with van der Waals surface area (Å²) in [6.07, 6.45) is 6.19. The number of carbonyl (C=O) groups excluding carboxylic acids is 1. The quantitative estimate of drug-likeness (QED) is 0.368. The third kappa shape index (κ3) is 10.9. The SMILES string of the molecule is CCCC#CCOCC/C=C/C(C)=O. The van der Waals surface area contributed by atoms with Gasteiger partial charge in [0.15, 0.2) is 5.78 Å². The summed E-state index contributed by atoms with van der Waals surface area (Å²) in [5, 5.41) is 0. The summed E-state index contributed by atoms with van der Waals surface area (Å²) in [5.41, 5.74) is 0. The molecule has 78 valence electrons. The second-order valence-electron chi connectivity index (χ2n) is 2.96. The van der Waals surface area contributed by atoms with Crippen molar-refractivity contribution < 1.29 is 9.53 Å². The van der Waals surface area contributed by atoms with Crippen molar-refractivity contribution in [3.05, 3.63) is 12.2 Å². The molecule has 0 saturated heterocycles. The molecule has 0 atom stereocenters. The monoisotopic (exact) mass is 194 g/mol. The van der Waals surface area contributed by atoms with Gasteiger partial charge >= 0.3 is 0 Å². The van der Waals surface area contributed by atoms with Crippen molar-refractivity contribution in [1.29, 1.82) is 0 Å². The molecule has 0 bridgehead atoms. The van der Waals surface area contributed by atoms with Gasteiger partial charge in [-0.25, -0.2) is 0 Å². The van der Waals surface area contributed by atoms with E-state index in [0.29, 0.717) is 13.2 Å². The smallest absolute Gasteiger partial charge is 0.152 e. The summed E-state index contributed by atoms with van der Waals surface area (Å²) in [6, 6.07) is 0. The van der Waals surface area contributed by atoms with Gasteiger partial charge in [0.2, 0.25) is 0 Å². The van der Waals surface area contributed by atoms with E-state index in [4.69, 9.17) is 4.74 Å². The summed E-state index contributed by atoms with van der Waals surface area (Å²) < 4.78 is 5.23. The molecule has 0 aromatic heterocycles. The summed E-state index contributed by atoms with van der Waals surface area (Å²) in [6.45, 7) is 4.76. The molecule has 0 aromatic rings. The van der Waals surface area contributed by atoms with Gasteiger partial charge in [-0.3, -0.25) is 4.79 Å². The Balaban J connectivity index is 3.23. The van der Waals surface area contributed by atoms with Gasteiger partial charge in [0.25, 0.3) is 0 Å². The van der Waals surface area contributed by atoms with E-state index in [-0.39, 0.29) is 5.78 Å². The van der Waals surface area contributed by atoms with Crippen molar-refractivity contribution in [3.63, 3.8) is 0 Å². The molecule has 0 fully saturated rings. The van der Waals surface area contributed by atoms with Crippen molar-refractivity contribution in [2.75, 3.05) is 13.2 Å². The minimum absolute atomic E-state index is 0.0766. The summed E-state index contributed by atoms with van der Waals surface area (Å²) in [4.78, 5) is 10.5. The van der Waals surface area contributed by atoms with Gasteiger partial charge in [-0.15, -0.1) is 5.92 Å². The van der Waals surface area contributed by atoms with Crippen LogP contribution < -0.4 is 0 Å². The fraction of sp³-hybridized carbons (Fsp3) is 0.583. The van der Waals surface area contributed by atoms with E-state index >= 15 is 0 Å². The van der Waals surface area contributed by atoms with Gasteiger partial charge in [0, 0.05) is 6.42 Å². The third-order valence-electron chi connectivity index (χ3n) is 1.46. The van der Waals surface area contributed by atoms with Crippen LogP contribution in [0.1, 0.15) is 33.1 Å². The molecule has 0 amide bonds. The predicted molar refractivity (Wildman–Crippen MR) is 57.9 cm³/mol. The Morgan fingerprint density at radius 3 is 2.86 bits per heavy atom. The van der Waals surface area contributed by atoms with Crippen LogP contribution in [0.2, 0.25) is 0 Å². The van der Waals surface area contributed by atoms with E-state index in [1.807, 2.05) is 6.08 Å². The number of ketones is 1. The van der Waals surface area contributed by atoms with Crippen LogP contribution >= 0.6 is 0 Å². The first-order chi connectivity index (χ1) is 6.77. The van der Waals surface area contributed by atoms with Gasteiger partial charge in [-0.1, -0.05) is 18.9 Å². The van der Waals surface area contributed by atoms with Crippen LogP contribution in [0.5, 0.6) is 0 Å². The molecule has 0 aliphatic heterocycles. The zero-order valence-electron chi connectivity index (χ0n) is 9.01. The number of unbranched alkanes of at least 4 members (excludes halogenated alkanes) is 1. The van der Waals surface area contributed by atoms with Crippen molar-refractivity contribution >= 4 is 5.78 Å². The minimum atomic E-state index is 0.0766. The highest BCUT2D eigenvalue weighted by molar-refractivity contribution is 5.87. The van der Waals surface area contributed by atoms with Crippen LogP contribution in [0.15, 0.2) is 12.2 Å². The highest BCUT2D eigenvalue weighted by atomic mass is 16.5. The predicted octanol–water partition coefficient (Wildman–Crippen LogP) is 2.34. The highest BCUT2D eigenvalue weighted by Crippen LogP contribution is 1.86. The number of rotatable bonds is 6. The summed E-state index contributed by atoms with van der Waals surface area (Å²) in [7, 11) is 0. The normalized spacial score (nSPS) is 9.86. The van der Waals surface area contributed by atoms with E-state index in [0.717, 1.165) is 19.3 Å². The Morgan fingerprint density at radius 1 is 1.43 bits per heavy atom. The van der Waals surface area contributed by atoms with Crippen LogP contribution in [0.25, 0.3) is 0 Å². The molecule has 0 saturated carbocycles. The van der Waals surface area contributed by atoms with E-state index in [2.05, 4.69) is 18.8 Å². The maximum atomic E-state index is 10.5. The average molecular weight is 194 g/mol. The lowest BCUT2D eigenvalue weighted by atomic mass is 10.3. The average Bonchev–Trinajstić information content (AvgIpc) is 2.15. The zero-order chi connectivity index (χ0) is 10.6. The standard InChI is InChI=1S/C12H18O2/c1-3-4-5-7-10-14-11-8-6-9-12(2)13/h6,9H,3-4,8,10-11H2,1-2H3/b9-6+. The zero-order valence-corrected chi connectivity index (χ0v) is 9.01. The molecule has 0 aromatic carbocycles. The Labute approximate surface area is 86.3 Å². The Morgan fingerprint density at radius 2 is 2.21 bits per heavy atom. The van der Waals surface area contributed by atoms with Crippen LogP contribution in [-0.2, 0) is 9.53 Å². The van der Waals surface area contributed by atoms with Crippen LogP contribution in [0.4, 0.5) is 0 Å². The van der Waals surface area contributed by atoms with Crippen molar-refractivity contribution in [2.45, 2.75) is 33.1 Å². The lowest BCUT2D eigenvalue weighted by Gasteiger charge is -1.94. The molecule has 0 N–H and O–H groups in total. The fourth-order valence-corrected chi connectivity index (χ4v) is 0.788. The van der Waals surface area contributed by atoms with E-state index in [9.17, 15) is 4.79 Å². The molecule has 0 unspecified atom stereocenters.